The van der Waals surface area contributed by atoms with Crippen LogP contribution in [-0.4, -0.2) is 16.1 Å². The van der Waals surface area contributed by atoms with E-state index in [-0.39, 0.29) is 0 Å². The number of aromatic nitrogens is 1. The Morgan fingerprint density at radius 2 is 1.95 bits per heavy atom. The summed E-state index contributed by atoms with van der Waals surface area (Å²) in [7, 11) is 0. The van der Waals surface area contributed by atoms with Crippen LogP contribution in [0.3, 0.4) is 0 Å². The van der Waals surface area contributed by atoms with Gasteiger partial charge in [-0.25, -0.2) is 4.79 Å². The third-order valence-electron chi connectivity index (χ3n) is 3.38. The number of carboxylic acids is 1. The van der Waals surface area contributed by atoms with Crippen LogP contribution in [0.25, 0.3) is 10.9 Å². The van der Waals surface area contributed by atoms with Gasteiger partial charge in [-0.05, 0) is 42.8 Å². The van der Waals surface area contributed by atoms with E-state index in [2.05, 4.69) is 10.3 Å². The van der Waals surface area contributed by atoms with Crippen molar-refractivity contribution in [2.24, 2.45) is 0 Å². The number of fused-ring (bicyclic) bond motifs is 1. The van der Waals surface area contributed by atoms with E-state index in [4.69, 9.17) is 5.11 Å². The first-order valence-corrected chi connectivity index (χ1v) is 6.60. The highest BCUT2D eigenvalue weighted by molar-refractivity contribution is 5.93. The van der Waals surface area contributed by atoms with Gasteiger partial charge in [0, 0.05) is 23.0 Å². The van der Waals surface area contributed by atoms with E-state index in [1.807, 2.05) is 36.4 Å². The smallest absolute Gasteiger partial charge is 0.335 e. The highest BCUT2D eigenvalue weighted by atomic mass is 16.4. The molecule has 0 aliphatic carbocycles. The second-order valence-corrected chi connectivity index (χ2v) is 4.84. The topological polar surface area (TPSA) is 62.2 Å². The van der Waals surface area contributed by atoms with Crippen LogP contribution in [0, 0.1) is 6.92 Å². The lowest BCUT2D eigenvalue weighted by atomic mass is 10.1. The number of aryl methyl sites for hydroxylation is 1. The fraction of sp³-hybridized carbons (Fsp3) is 0.0588. The quantitative estimate of drug-likeness (QED) is 0.760. The molecule has 0 fully saturated rings. The summed E-state index contributed by atoms with van der Waals surface area (Å²) in [6, 6.07) is 15.0. The Hall–Kier alpha value is -2.88. The molecule has 3 rings (SSSR count). The number of rotatable bonds is 3. The maximum atomic E-state index is 11.0. The minimum Gasteiger partial charge on any atom is -0.478 e. The van der Waals surface area contributed by atoms with Crippen LogP contribution in [0.2, 0.25) is 0 Å². The van der Waals surface area contributed by atoms with Crippen LogP contribution in [0.15, 0.2) is 54.7 Å². The molecule has 1 aromatic heterocycles. The maximum Gasteiger partial charge on any atom is 0.335 e. The van der Waals surface area contributed by atoms with E-state index in [1.165, 1.54) is 0 Å². The minimum absolute atomic E-state index is 0.320. The van der Waals surface area contributed by atoms with E-state index in [0.29, 0.717) is 5.56 Å². The van der Waals surface area contributed by atoms with Gasteiger partial charge in [0.05, 0.1) is 11.1 Å². The molecule has 104 valence electrons. The molecule has 4 heteroatoms. The summed E-state index contributed by atoms with van der Waals surface area (Å²) in [5.74, 6) is -0.909. The maximum absolute atomic E-state index is 11.0. The molecule has 21 heavy (non-hydrogen) atoms. The van der Waals surface area contributed by atoms with Gasteiger partial charge < -0.3 is 10.4 Å². The number of aromatic carboxylic acids is 1. The Balaban J connectivity index is 1.99. The highest BCUT2D eigenvalue weighted by Gasteiger charge is 2.08. The molecule has 0 saturated heterocycles. The van der Waals surface area contributed by atoms with Crippen molar-refractivity contribution in [3.63, 3.8) is 0 Å². The SMILES string of the molecule is Cc1cc(Nc2ccnc3ccccc23)ccc1C(=O)O. The standard InChI is InChI=1S/C17H14N2O2/c1-11-10-12(6-7-13(11)17(20)21)19-16-8-9-18-15-5-3-2-4-14(15)16/h2-10H,1H3,(H,18,19)(H,20,21). The van der Waals surface area contributed by atoms with Crippen molar-refractivity contribution >= 4 is 28.2 Å². The van der Waals surface area contributed by atoms with Crippen LogP contribution in [0.4, 0.5) is 11.4 Å². The molecule has 0 atom stereocenters. The lowest BCUT2D eigenvalue weighted by Gasteiger charge is -2.11. The van der Waals surface area contributed by atoms with E-state index in [0.717, 1.165) is 27.8 Å². The Labute approximate surface area is 122 Å². The highest BCUT2D eigenvalue weighted by Crippen LogP contribution is 2.25. The van der Waals surface area contributed by atoms with Gasteiger partial charge in [-0.1, -0.05) is 18.2 Å². The summed E-state index contributed by atoms with van der Waals surface area (Å²) in [5.41, 5.74) is 3.77. The van der Waals surface area contributed by atoms with Crippen LogP contribution in [0.1, 0.15) is 15.9 Å². The van der Waals surface area contributed by atoms with Gasteiger partial charge in [-0.3, -0.25) is 4.98 Å². The molecule has 0 amide bonds. The van der Waals surface area contributed by atoms with Crippen LogP contribution < -0.4 is 5.32 Å². The average Bonchev–Trinajstić information content (AvgIpc) is 2.47. The summed E-state index contributed by atoms with van der Waals surface area (Å²) in [6.45, 7) is 1.79. The van der Waals surface area contributed by atoms with E-state index >= 15 is 0 Å². The molecule has 0 aliphatic heterocycles. The van der Waals surface area contributed by atoms with Crippen molar-refractivity contribution in [3.8, 4) is 0 Å². The molecule has 0 unspecified atom stereocenters. The predicted molar refractivity (Wildman–Crippen MR) is 83.2 cm³/mol. The molecular weight excluding hydrogens is 264 g/mol. The van der Waals surface area contributed by atoms with Gasteiger partial charge in [-0.15, -0.1) is 0 Å². The molecule has 0 radical (unpaired) electrons. The van der Waals surface area contributed by atoms with Gasteiger partial charge in [0.15, 0.2) is 0 Å². The summed E-state index contributed by atoms with van der Waals surface area (Å²) < 4.78 is 0. The van der Waals surface area contributed by atoms with E-state index < -0.39 is 5.97 Å². The molecule has 0 bridgehead atoms. The Kier molecular flexibility index (Phi) is 3.28. The first kappa shape index (κ1) is 13.1. The van der Waals surface area contributed by atoms with Crippen molar-refractivity contribution in [1.82, 2.24) is 4.98 Å². The first-order valence-electron chi connectivity index (χ1n) is 6.60. The zero-order valence-electron chi connectivity index (χ0n) is 11.5. The fourth-order valence-corrected chi connectivity index (χ4v) is 2.34. The molecule has 1 heterocycles. The Bertz CT molecular complexity index is 823. The molecule has 4 nitrogen and oxygen atoms in total. The second kappa shape index (κ2) is 5.25. The molecule has 2 aromatic carbocycles. The lowest BCUT2D eigenvalue weighted by Crippen LogP contribution is -2.00. The zero-order valence-corrected chi connectivity index (χ0v) is 11.5. The number of anilines is 2. The number of carboxylic acid groups (broad SMARTS) is 1. The van der Waals surface area contributed by atoms with Gasteiger partial charge in [0.1, 0.15) is 0 Å². The van der Waals surface area contributed by atoms with E-state index in [9.17, 15) is 4.79 Å². The summed E-state index contributed by atoms with van der Waals surface area (Å²) >= 11 is 0. The van der Waals surface area contributed by atoms with Crippen LogP contribution in [-0.2, 0) is 0 Å². The van der Waals surface area contributed by atoms with Gasteiger partial charge in [0.25, 0.3) is 0 Å². The monoisotopic (exact) mass is 278 g/mol. The predicted octanol–water partition coefficient (Wildman–Crippen LogP) is 3.99. The van der Waals surface area contributed by atoms with Crippen LogP contribution in [0.5, 0.6) is 0 Å². The first-order chi connectivity index (χ1) is 10.1. The number of nitrogens with zero attached hydrogens (tertiary/aromatic N) is 1. The molecule has 0 spiro atoms. The normalized spacial score (nSPS) is 10.5. The van der Waals surface area contributed by atoms with Gasteiger partial charge >= 0.3 is 5.97 Å². The zero-order chi connectivity index (χ0) is 14.8. The number of para-hydroxylation sites is 1. The number of pyridine rings is 1. The molecule has 0 saturated carbocycles. The molecule has 2 N–H and O–H groups in total. The molecule has 0 aliphatic rings. The second-order valence-electron chi connectivity index (χ2n) is 4.84. The lowest BCUT2D eigenvalue weighted by molar-refractivity contribution is 0.0696. The number of nitrogens with one attached hydrogen (secondary N) is 1. The summed E-state index contributed by atoms with van der Waals surface area (Å²) in [4.78, 5) is 15.4. The largest absolute Gasteiger partial charge is 0.478 e. The van der Waals surface area contributed by atoms with Gasteiger partial charge in [-0.2, -0.15) is 0 Å². The van der Waals surface area contributed by atoms with E-state index in [1.54, 1.807) is 25.3 Å². The van der Waals surface area contributed by atoms with Crippen molar-refractivity contribution in [1.29, 1.82) is 0 Å². The average molecular weight is 278 g/mol. The third kappa shape index (κ3) is 2.56. The van der Waals surface area contributed by atoms with Crippen molar-refractivity contribution in [3.05, 3.63) is 65.9 Å². The van der Waals surface area contributed by atoms with Crippen LogP contribution >= 0.6 is 0 Å². The molecule has 3 aromatic rings. The summed E-state index contributed by atoms with van der Waals surface area (Å²) in [5, 5.41) is 13.4. The van der Waals surface area contributed by atoms with Crippen molar-refractivity contribution < 1.29 is 9.90 Å². The van der Waals surface area contributed by atoms with Gasteiger partial charge in [0.2, 0.25) is 0 Å². The third-order valence-corrected chi connectivity index (χ3v) is 3.38. The number of benzene rings is 2. The molecular formula is C17H14N2O2. The fourth-order valence-electron chi connectivity index (χ4n) is 2.34. The number of carbonyl (C=O) groups is 1. The van der Waals surface area contributed by atoms with Crippen molar-refractivity contribution in [2.45, 2.75) is 6.92 Å². The number of hydrogen-bond acceptors (Lipinski definition) is 3. The Morgan fingerprint density at radius 3 is 2.71 bits per heavy atom. The minimum atomic E-state index is -0.909. The summed E-state index contributed by atoms with van der Waals surface area (Å²) in [6.07, 6.45) is 1.75. The number of hydrogen-bond donors (Lipinski definition) is 2. The Morgan fingerprint density at radius 1 is 1.14 bits per heavy atom. The van der Waals surface area contributed by atoms with Crippen molar-refractivity contribution in [2.75, 3.05) is 5.32 Å².